The molecule has 32 heavy (non-hydrogen) atoms. The maximum absolute atomic E-state index is 13.6. The lowest BCUT2D eigenvalue weighted by atomic mass is 9.99. The number of hydrogen-bond acceptors (Lipinski definition) is 3. The summed E-state index contributed by atoms with van der Waals surface area (Å²) in [5.74, 6) is -0.243. The Morgan fingerprint density at radius 1 is 0.781 bits per heavy atom. The van der Waals surface area contributed by atoms with E-state index in [1.165, 1.54) is 10.5 Å². The Balaban J connectivity index is 1.81. The summed E-state index contributed by atoms with van der Waals surface area (Å²) in [6, 6.07) is 21.3. The number of carbonyl (C=O) groups excluding carboxylic acids is 2. The summed E-state index contributed by atoms with van der Waals surface area (Å²) in [7, 11) is 0. The third-order valence-electron chi connectivity index (χ3n) is 5.99. The molecule has 0 saturated heterocycles. The molecule has 0 saturated carbocycles. The van der Waals surface area contributed by atoms with E-state index in [-0.39, 0.29) is 11.8 Å². The summed E-state index contributed by atoms with van der Waals surface area (Å²) >= 11 is 0. The van der Waals surface area contributed by atoms with Gasteiger partial charge in [-0.3, -0.25) is 9.59 Å². The van der Waals surface area contributed by atoms with Gasteiger partial charge in [-0.05, 0) is 78.8 Å². The van der Waals surface area contributed by atoms with Crippen LogP contribution in [-0.2, 0) is 9.59 Å². The fourth-order valence-electron chi connectivity index (χ4n) is 3.91. The molecule has 0 fully saturated rings. The van der Waals surface area contributed by atoms with E-state index in [1.54, 1.807) is 6.07 Å². The highest BCUT2D eigenvalue weighted by Crippen LogP contribution is 2.34. The molecule has 162 valence electrons. The number of anilines is 2. The van der Waals surface area contributed by atoms with Crippen molar-refractivity contribution >= 4 is 28.8 Å². The van der Waals surface area contributed by atoms with Gasteiger partial charge in [-0.1, -0.05) is 56.3 Å². The molecular formula is C28H28N2O2. The minimum Gasteiger partial charge on any atom is -0.350 e. The van der Waals surface area contributed by atoms with Crippen molar-refractivity contribution in [1.82, 2.24) is 0 Å². The molecule has 4 heteroatoms. The molecule has 1 aliphatic rings. The fraction of sp³-hybridized carbons (Fsp3) is 0.214. The van der Waals surface area contributed by atoms with Crippen molar-refractivity contribution in [3.63, 3.8) is 0 Å². The lowest BCUT2D eigenvalue weighted by Gasteiger charge is -2.16. The molecule has 3 aromatic rings. The number of rotatable bonds is 5. The molecule has 1 aliphatic heterocycles. The summed E-state index contributed by atoms with van der Waals surface area (Å²) in [6.45, 7) is 10.3. The monoisotopic (exact) mass is 424 g/mol. The van der Waals surface area contributed by atoms with Crippen LogP contribution in [0.1, 0.15) is 47.6 Å². The molecule has 0 atom stereocenters. The molecule has 0 aliphatic carbocycles. The van der Waals surface area contributed by atoms with Crippen LogP contribution < -0.4 is 10.2 Å². The normalized spacial score (nSPS) is 14.0. The highest BCUT2D eigenvalue weighted by atomic mass is 16.2. The number of benzene rings is 3. The van der Waals surface area contributed by atoms with Gasteiger partial charge in [-0.15, -0.1) is 0 Å². The van der Waals surface area contributed by atoms with Crippen LogP contribution in [0, 0.1) is 20.8 Å². The molecule has 0 spiro atoms. The van der Waals surface area contributed by atoms with Crippen LogP contribution >= 0.6 is 0 Å². The minimum absolute atomic E-state index is 0.303. The first-order valence-corrected chi connectivity index (χ1v) is 10.9. The predicted molar refractivity (Wildman–Crippen MR) is 131 cm³/mol. The quantitative estimate of drug-likeness (QED) is 0.501. The smallest absolute Gasteiger partial charge is 0.282 e. The Hall–Kier alpha value is -3.66. The molecule has 1 heterocycles. The zero-order valence-corrected chi connectivity index (χ0v) is 19.2. The summed E-state index contributed by atoms with van der Waals surface area (Å²) in [6.07, 6.45) is 0. The van der Waals surface area contributed by atoms with Crippen molar-refractivity contribution in [2.45, 2.75) is 40.5 Å². The molecule has 4 nitrogen and oxygen atoms in total. The molecule has 1 N–H and O–H groups in total. The van der Waals surface area contributed by atoms with Gasteiger partial charge in [-0.2, -0.15) is 0 Å². The number of nitrogens with zero attached hydrogens (tertiary/aromatic N) is 1. The SMILES string of the molecule is Cc1cccc(N2C(=O)C(Nc3ccc(C(C)C)cc3)=C(c3ccc(C)c(C)c3)C2=O)c1. The molecule has 4 rings (SSSR count). The van der Waals surface area contributed by atoms with Crippen LogP contribution in [0.3, 0.4) is 0 Å². The number of hydrogen-bond donors (Lipinski definition) is 1. The van der Waals surface area contributed by atoms with Gasteiger partial charge in [0.2, 0.25) is 0 Å². The molecular weight excluding hydrogens is 396 g/mol. The van der Waals surface area contributed by atoms with Crippen LogP contribution in [0.2, 0.25) is 0 Å². The summed E-state index contributed by atoms with van der Waals surface area (Å²) in [5, 5.41) is 3.25. The van der Waals surface area contributed by atoms with Crippen LogP contribution in [0.5, 0.6) is 0 Å². The summed E-state index contributed by atoms with van der Waals surface area (Å²) in [4.78, 5) is 28.4. The zero-order valence-electron chi connectivity index (χ0n) is 19.2. The van der Waals surface area contributed by atoms with Crippen LogP contribution in [0.15, 0.2) is 72.4 Å². The Bertz CT molecular complexity index is 1240. The molecule has 0 aromatic heterocycles. The Morgan fingerprint density at radius 2 is 1.50 bits per heavy atom. The van der Waals surface area contributed by atoms with Crippen molar-refractivity contribution in [3.05, 3.63) is 100 Å². The number of amides is 2. The Labute approximate surface area is 189 Å². The van der Waals surface area contributed by atoms with Gasteiger partial charge >= 0.3 is 0 Å². The number of aryl methyl sites for hydroxylation is 3. The maximum atomic E-state index is 13.6. The van der Waals surface area contributed by atoms with E-state index in [2.05, 4.69) is 19.2 Å². The van der Waals surface area contributed by atoms with E-state index in [0.29, 0.717) is 22.9 Å². The molecule has 3 aromatic carbocycles. The van der Waals surface area contributed by atoms with Crippen LogP contribution in [-0.4, -0.2) is 11.8 Å². The average molecular weight is 425 g/mol. The summed E-state index contributed by atoms with van der Waals surface area (Å²) in [5.41, 5.74) is 7.21. The number of carbonyl (C=O) groups is 2. The topological polar surface area (TPSA) is 49.4 Å². The van der Waals surface area contributed by atoms with E-state index in [4.69, 9.17) is 0 Å². The lowest BCUT2D eigenvalue weighted by Crippen LogP contribution is -2.32. The van der Waals surface area contributed by atoms with Gasteiger partial charge in [0.05, 0.1) is 11.3 Å². The standard InChI is InChI=1S/C28H28N2O2/c1-17(2)21-11-13-23(14-12-21)29-26-25(22-10-9-19(4)20(5)16-22)27(31)30(28(26)32)24-8-6-7-18(3)15-24/h6-17,29H,1-5H3. The van der Waals surface area contributed by atoms with Gasteiger partial charge in [0.1, 0.15) is 5.70 Å². The fourth-order valence-corrected chi connectivity index (χ4v) is 3.91. The average Bonchev–Trinajstić information content (AvgIpc) is 3.00. The maximum Gasteiger partial charge on any atom is 0.282 e. The highest BCUT2D eigenvalue weighted by molar-refractivity contribution is 6.46. The first-order chi connectivity index (χ1) is 15.3. The second-order valence-corrected chi connectivity index (χ2v) is 8.74. The predicted octanol–water partition coefficient (Wildman–Crippen LogP) is 6.13. The van der Waals surface area contributed by atoms with E-state index in [0.717, 1.165) is 27.9 Å². The summed E-state index contributed by atoms with van der Waals surface area (Å²) < 4.78 is 0. The van der Waals surface area contributed by atoms with Gasteiger partial charge in [0.25, 0.3) is 11.8 Å². The van der Waals surface area contributed by atoms with Gasteiger partial charge in [-0.25, -0.2) is 4.90 Å². The molecule has 2 amide bonds. The van der Waals surface area contributed by atoms with Crippen LogP contribution in [0.25, 0.3) is 5.57 Å². The molecule has 0 radical (unpaired) electrons. The number of imide groups is 1. The highest BCUT2D eigenvalue weighted by Gasteiger charge is 2.40. The van der Waals surface area contributed by atoms with Crippen molar-refractivity contribution in [2.24, 2.45) is 0 Å². The second kappa shape index (κ2) is 8.46. The van der Waals surface area contributed by atoms with Crippen molar-refractivity contribution < 1.29 is 9.59 Å². The molecule has 0 bridgehead atoms. The first-order valence-electron chi connectivity index (χ1n) is 10.9. The van der Waals surface area contributed by atoms with E-state index in [1.807, 2.05) is 81.4 Å². The third kappa shape index (κ3) is 3.96. The van der Waals surface area contributed by atoms with Crippen molar-refractivity contribution in [1.29, 1.82) is 0 Å². The second-order valence-electron chi connectivity index (χ2n) is 8.74. The first kappa shape index (κ1) is 21.6. The minimum atomic E-state index is -0.346. The molecule has 0 unspecified atom stereocenters. The van der Waals surface area contributed by atoms with Crippen molar-refractivity contribution in [3.8, 4) is 0 Å². The zero-order chi connectivity index (χ0) is 23.0. The largest absolute Gasteiger partial charge is 0.350 e. The Kier molecular flexibility index (Phi) is 5.70. The van der Waals surface area contributed by atoms with E-state index in [9.17, 15) is 9.59 Å². The van der Waals surface area contributed by atoms with Gasteiger partial charge in [0.15, 0.2) is 0 Å². The van der Waals surface area contributed by atoms with E-state index < -0.39 is 0 Å². The number of nitrogens with one attached hydrogen (secondary N) is 1. The van der Waals surface area contributed by atoms with Gasteiger partial charge in [0, 0.05) is 5.69 Å². The lowest BCUT2D eigenvalue weighted by molar-refractivity contribution is -0.120. The Morgan fingerprint density at radius 3 is 2.12 bits per heavy atom. The third-order valence-corrected chi connectivity index (χ3v) is 5.99. The van der Waals surface area contributed by atoms with Gasteiger partial charge < -0.3 is 5.32 Å². The van der Waals surface area contributed by atoms with E-state index >= 15 is 0 Å². The van der Waals surface area contributed by atoms with Crippen LogP contribution in [0.4, 0.5) is 11.4 Å². The van der Waals surface area contributed by atoms with Crippen molar-refractivity contribution in [2.75, 3.05) is 10.2 Å².